The van der Waals surface area contributed by atoms with E-state index in [4.69, 9.17) is 10.8 Å². The number of rotatable bonds is 6. The van der Waals surface area contributed by atoms with Crippen molar-refractivity contribution in [3.05, 3.63) is 30.1 Å². The maximum atomic E-state index is 5.74. The van der Waals surface area contributed by atoms with Gasteiger partial charge in [-0.05, 0) is 19.1 Å². The number of nitrogens with two attached hydrogens (primary N) is 1. The average molecular weight is 306 g/mol. The van der Waals surface area contributed by atoms with Crippen LogP contribution in [0.4, 0.5) is 0 Å². The Kier molecular flexibility index (Phi) is 5.30. The Bertz CT molecular complexity index is 585. The van der Waals surface area contributed by atoms with Crippen LogP contribution in [-0.2, 0) is 13.0 Å². The summed E-state index contributed by atoms with van der Waals surface area (Å²) in [7, 11) is 0. The van der Waals surface area contributed by atoms with Gasteiger partial charge in [0.1, 0.15) is 5.82 Å². The van der Waals surface area contributed by atoms with Crippen LogP contribution in [0.5, 0.6) is 0 Å². The molecule has 1 atom stereocenters. The van der Waals surface area contributed by atoms with Crippen molar-refractivity contribution in [1.29, 1.82) is 0 Å². The molecular formula is C16H26N4S. The number of benzene rings is 1. The lowest BCUT2D eigenvalue weighted by Crippen LogP contribution is -2.40. The van der Waals surface area contributed by atoms with Crippen LogP contribution in [0.25, 0.3) is 11.0 Å². The van der Waals surface area contributed by atoms with Gasteiger partial charge in [0.15, 0.2) is 0 Å². The first kappa shape index (κ1) is 16.3. The van der Waals surface area contributed by atoms with Crippen LogP contribution >= 0.6 is 11.8 Å². The average Bonchev–Trinajstić information content (AvgIpc) is 2.79. The summed E-state index contributed by atoms with van der Waals surface area (Å²) in [6.07, 6.45) is 0.849. The van der Waals surface area contributed by atoms with Crippen LogP contribution in [0, 0.1) is 0 Å². The minimum Gasteiger partial charge on any atom is -0.328 e. The molecule has 0 aliphatic carbocycles. The molecule has 5 heteroatoms. The number of hydrogen-bond donors (Lipinski definition) is 2. The third kappa shape index (κ3) is 4.22. The number of nitrogens with zero attached hydrogens (tertiary/aromatic N) is 2. The van der Waals surface area contributed by atoms with Gasteiger partial charge in [-0.15, -0.1) is 0 Å². The molecule has 0 fully saturated rings. The zero-order valence-electron chi connectivity index (χ0n) is 13.4. The van der Waals surface area contributed by atoms with Gasteiger partial charge in [-0.3, -0.25) is 11.3 Å². The highest BCUT2D eigenvalue weighted by atomic mass is 32.2. The second-order valence-corrected chi connectivity index (χ2v) is 8.10. The number of hydrazine groups is 1. The number of aryl methyl sites for hydroxylation is 1. The van der Waals surface area contributed by atoms with Crippen LogP contribution in [0.2, 0.25) is 0 Å². The second-order valence-electron chi connectivity index (χ2n) is 6.25. The molecule has 1 aromatic heterocycles. The summed E-state index contributed by atoms with van der Waals surface area (Å²) in [5, 5.41) is 0. The Labute approximate surface area is 131 Å². The van der Waals surface area contributed by atoms with Crippen molar-refractivity contribution in [3.63, 3.8) is 0 Å². The molecule has 0 bridgehead atoms. The maximum absolute atomic E-state index is 5.74. The number of aromatic nitrogens is 2. The lowest BCUT2D eigenvalue weighted by molar-refractivity contribution is 0.545. The van der Waals surface area contributed by atoms with Gasteiger partial charge in [0.05, 0.1) is 11.0 Å². The van der Waals surface area contributed by atoms with Gasteiger partial charge in [-0.25, -0.2) is 4.98 Å². The van der Waals surface area contributed by atoms with Crippen molar-refractivity contribution < 1.29 is 0 Å². The summed E-state index contributed by atoms with van der Waals surface area (Å²) in [5.74, 6) is 7.82. The monoisotopic (exact) mass is 306 g/mol. The van der Waals surface area contributed by atoms with E-state index in [2.05, 4.69) is 55.9 Å². The largest absolute Gasteiger partial charge is 0.328 e. The molecule has 0 saturated carbocycles. The maximum Gasteiger partial charge on any atom is 0.111 e. The molecule has 0 amide bonds. The van der Waals surface area contributed by atoms with Crippen LogP contribution in [0.3, 0.4) is 0 Å². The number of fused-ring (bicyclic) bond motifs is 1. The first-order valence-electron chi connectivity index (χ1n) is 7.49. The zero-order chi connectivity index (χ0) is 15.5. The van der Waals surface area contributed by atoms with Crippen molar-refractivity contribution in [2.45, 2.75) is 51.4 Å². The Morgan fingerprint density at radius 2 is 2.05 bits per heavy atom. The van der Waals surface area contributed by atoms with Crippen molar-refractivity contribution >= 4 is 22.8 Å². The summed E-state index contributed by atoms with van der Waals surface area (Å²) in [5.41, 5.74) is 5.21. The molecule has 21 heavy (non-hydrogen) atoms. The molecule has 0 aliphatic rings. The minimum absolute atomic E-state index is 0.233. The van der Waals surface area contributed by atoms with Crippen LogP contribution in [0.15, 0.2) is 24.3 Å². The van der Waals surface area contributed by atoms with Crippen molar-refractivity contribution in [1.82, 2.24) is 15.0 Å². The Balaban J connectivity index is 2.17. The fraction of sp³-hybridized carbons (Fsp3) is 0.562. The molecule has 1 heterocycles. The predicted octanol–water partition coefficient (Wildman–Crippen LogP) is 2.96. The van der Waals surface area contributed by atoms with Gasteiger partial charge in [0.2, 0.25) is 0 Å². The molecule has 0 spiro atoms. The van der Waals surface area contributed by atoms with Gasteiger partial charge in [-0.1, -0.05) is 32.9 Å². The van der Waals surface area contributed by atoms with Gasteiger partial charge < -0.3 is 4.57 Å². The third-order valence-electron chi connectivity index (χ3n) is 3.43. The van der Waals surface area contributed by atoms with E-state index in [0.717, 1.165) is 30.1 Å². The fourth-order valence-corrected chi connectivity index (χ4v) is 3.29. The van der Waals surface area contributed by atoms with E-state index in [-0.39, 0.29) is 10.8 Å². The molecule has 3 N–H and O–H groups in total. The quantitative estimate of drug-likeness (QED) is 0.636. The van der Waals surface area contributed by atoms with E-state index >= 15 is 0 Å². The van der Waals surface area contributed by atoms with Gasteiger partial charge in [0.25, 0.3) is 0 Å². The van der Waals surface area contributed by atoms with E-state index < -0.39 is 0 Å². The molecule has 1 unspecified atom stereocenters. The zero-order valence-corrected chi connectivity index (χ0v) is 14.2. The van der Waals surface area contributed by atoms with E-state index in [1.165, 1.54) is 5.52 Å². The highest BCUT2D eigenvalue weighted by Gasteiger charge is 2.18. The standard InChI is InChI=1S/C16H26N4S/c1-5-20-14-9-7-6-8-13(14)18-15(20)10-12(19-17)11-21-16(2,3)4/h6-9,12,19H,5,10-11,17H2,1-4H3. The molecule has 2 aromatic rings. The molecule has 1 aromatic carbocycles. The number of hydrogen-bond acceptors (Lipinski definition) is 4. The lowest BCUT2D eigenvalue weighted by Gasteiger charge is -2.22. The summed E-state index contributed by atoms with van der Waals surface area (Å²) in [6.45, 7) is 9.78. The highest BCUT2D eigenvalue weighted by Crippen LogP contribution is 2.25. The highest BCUT2D eigenvalue weighted by molar-refractivity contribution is 8.00. The molecule has 4 nitrogen and oxygen atoms in total. The number of nitrogens with one attached hydrogen (secondary N) is 1. The SMILES string of the molecule is CCn1c(CC(CSC(C)(C)C)NN)nc2ccccc21. The third-order valence-corrected chi connectivity index (χ3v) is 4.87. The number of imidazole rings is 1. The first-order chi connectivity index (χ1) is 9.94. The van der Waals surface area contributed by atoms with E-state index in [1.807, 2.05) is 17.8 Å². The normalized spacial score (nSPS) is 13.8. The van der Waals surface area contributed by atoms with Crippen LogP contribution in [-0.4, -0.2) is 26.1 Å². The van der Waals surface area contributed by atoms with E-state index in [0.29, 0.717) is 0 Å². The molecule has 2 rings (SSSR count). The smallest absolute Gasteiger partial charge is 0.111 e. The lowest BCUT2D eigenvalue weighted by atomic mass is 10.2. The fourth-order valence-electron chi connectivity index (χ4n) is 2.37. The first-order valence-corrected chi connectivity index (χ1v) is 8.47. The van der Waals surface area contributed by atoms with Crippen LogP contribution < -0.4 is 11.3 Å². The predicted molar refractivity (Wildman–Crippen MR) is 92.4 cm³/mol. The summed E-state index contributed by atoms with van der Waals surface area (Å²) >= 11 is 1.93. The molecule has 0 saturated heterocycles. The molecule has 0 aliphatic heterocycles. The summed E-state index contributed by atoms with van der Waals surface area (Å²) in [4.78, 5) is 4.77. The number of para-hydroxylation sites is 2. The van der Waals surface area contributed by atoms with E-state index in [9.17, 15) is 0 Å². The molecule has 116 valence electrons. The van der Waals surface area contributed by atoms with Crippen molar-refractivity contribution in [2.75, 3.05) is 5.75 Å². The summed E-state index contributed by atoms with van der Waals surface area (Å²) < 4.78 is 2.53. The topological polar surface area (TPSA) is 55.9 Å². The van der Waals surface area contributed by atoms with Gasteiger partial charge in [0, 0.05) is 29.5 Å². The van der Waals surface area contributed by atoms with E-state index in [1.54, 1.807) is 0 Å². The molecular weight excluding hydrogens is 280 g/mol. The Morgan fingerprint density at radius 1 is 1.33 bits per heavy atom. The Hall–Kier alpha value is -1.04. The van der Waals surface area contributed by atoms with Crippen molar-refractivity contribution in [3.8, 4) is 0 Å². The molecule has 0 radical (unpaired) electrons. The van der Waals surface area contributed by atoms with Crippen LogP contribution in [0.1, 0.15) is 33.5 Å². The second kappa shape index (κ2) is 6.81. The minimum atomic E-state index is 0.233. The summed E-state index contributed by atoms with van der Waals surface area (Å²) in [6, 6.07) is 8.53. The number of thioether (sulfide) groups is 1. The van der Waals surface area contributed by atoms with Gasteiger partial charge >= 0.3 is 0 Å². The van der Waals surface area contributed by atoms with Crippen molar-refractivity contribution in [2.24, 2.45) is 5.84 Å². The Morgan fingerprint density at radius 3 is 2.67 bits per heavy atom. The van der Waals surface area contributed by atoms with Gasteiger partial charge in [-0.2, -0.15) is 11.8 Å².